The van der Waals surface area contributed by atoms with Gasteiger partial charge in [-0.25, -0.2) is 4.98 Å². The maximum absolute atomic E-state index is 12.4. The molecular weight excluding hydrogens is 450 g/mol. The second-order valence-electron chi connectivity index (χ2n) is 7.55. The van der Waals surface area contributed by atoms with E-state index < -0.39 is 0 Å². The number of hydrogen-bond acceptors (Lipinski definition) is 7. The Morgan fingerprint density at radius 1 is 0.829 bits per heavy atom. The van der Waals surface area contributed by atoms with Crippen LogP contribution in [-0.4, -0.2) is 51.3 Å². The van der Waals surface area contributed by atoms with E-state index in [4.69, 9.17) is 28.7 Å². The number of fused-ring (bicyclic) bond motifs is 1. The Balaban J connectivity index is 1.85. The molecule has 0 unspecified atom stereocenters. The lowest BCUT2D eigenvalue weighted by atomic mass is 10.1. The zero-order valence-corrected chi connectivity index (χ0v) is 20.3. The SMILES string of the molecule is COc1ccc(-c2nc3ccccn3c2N(C=O)Cc2cc(OC)c(OC)c(OC)c2)cc1OC. The van der Waals surface area contributed by atoms with E-state index in [1.54, 1.807) is 40.4 Å². The molecule has 0 atom stereocenters. The van der Waals surface area contributed by atoms with Crippen LogP contribution in [0.3, 0.4) is 0 Å². The van der Waals surface area contributed by atoms with Crippen molar-refractivity contribution in [3.63, 3.8) is 0 Å². The zero-order chi connectivity index (χ0) is 24.9. The van der Waals surface area contributed by atoms with E-state index in [0.717, 1.165) is 17.5 Å². The first-order chi connectivity index (χ1) is 17.1. The molecular formula is C26H27N3O6. The Bertz CT molecular complexity index is 1330. The second-order valence-corrected chi connectivity index (χ2v) is 7.55. The molecule has 2 aromatic carbocycles. The van der Waals surface area contributed by atoms with Crippen molar-refractivity contribution in [1.82, 2.24) is 9.38 Å². The first kappa shape index (κ1) is 23.7. The van der Waals surface area contributed by atoms with Crippen LogP contribution < -0.4 is 28.6 Å². The highest BCUT2D eigenvalue weighted by Crippen LogP contribution is 2.40. The molecule has 0 aliphatic carbocycles. The molecule has 0 spiro atoms. The average Bonchev–Trinajstić information content (AvgIpc) is 3.30. The van der Waals surface area contributed by atoms with E-state index in [9.17, 15) is 4.79 Å². The molecule has 0 saturated heterocycles. The molecule has 4 rings (SSSR count). The number of imidazole rings is 1. The fraction of sp³-hybridized carbons (Fsp3) is 0.231. The van der Waals surface area contributed by atoms with Crippen LogP contribution in [0.15, 0.2) is 54.7 Å². The van der Waals surface area contributed by atoms with Crippen LogP contribution in [0.1, 0.15) is 5.56 Å². The van der Waals surface area contributed by atoms with Gasteiger partial charge in [0.05, 0.1) is 42.1 Å². The van der Waals surface area contributed by atoms with Gasteiger partial charge in [0.2, 0.25) is 12.2 Å². The number of carbonyl (C=O) groups excluding carboxylic acids is 1. The number of pyridine rings is 1. The molecule has 182 valence electrons. The largest absolute Gasteiger partial charge is 0.493 e. The van der Waals surface area contributed by atoms with Crippen LogP contribution in [0.2, 0.25) is 0 Å². The number of nitrogens with zero attached hydrogens (tertiary/aromatic N) is 3. The topological polar surface area (TPSA) is 83.8 Å². The highest BCUT2D eigenvalue weighted by Gasteiger charge is 2.22. The van der Waals surface area contributed by atoms with Gasteiger partial charge < -0.3 is 23.7 Å². The number of methoxy groups -OCH3 is 5. The minimum Gasteiger partial charge on any atom is -0.493 e. The van der Waals surface area contributed by atoms with Gasteiger partial charge in [-0.15, -0.1) is 0 Å². The summed E-state index contributed by atoms with van der Waals surface area (Å²) in [6.07, 6.45) is 2.65. The quantitative estimate of drug-likeness (QED) is 0.317. The number of anilines is 1. The van der Waals surface area contributed by atoms with Crippen molar-refractivity contribution < 1.29 is 28.5 Å². The van der Waals surface area contributed by atoms with Gasteiger partial charge in [0.1, 0.15) is 17.2 Å². The van der Waals surface area contributed by atoms with Gasteiger partial charge in [0.15, 0.2) is 23.0 Å². The third kappa shape index (κ3) is 4.40. The third-order valence-electron chi connectivity index (χ3n) is 5.64. The molecule has 2 aromatic heterocycles. The lowest BCUT2D eigenvalue weighted by Crippen LogP contribution is -2.22. The molecule has 0 saturated carbocycles. The van der Waals surface area contributed by atoms with Crippen LogP contribution >= 0.6 is 0 Å². The van der Waals surface area contributed by atoms with Crippen molar-refractivity contribution in [2.24, 2.45) is 0 Å². The Morgan fingerprint density at radius 2 is 1.51 bits per heavy atom. The lowest BCUT2D eigenvalue weighted by Gasteiger charge is -2.21. The summed E-state index contributed by atoms with van der Waals surface area (Å²) in [7, 11) is 7.82. The Labute approximate surface area is 203 Å². The van der Waals surface area contributed by atoms with E-state index >= 15 is 0 Å². The van der Waals surface area contributed by atoms with Gasteiger partial charge in [-0.1, -0.05) is 6.07 Å². The summed E-state index contributed by atoms with van der Waals surface area (Å²) in [6, 6.07) is 14.8. The van der Waals surface area contributed by atoms with Gasteiger partial charge in [0, 0.05) is 11.8 Å². The van der Waals surface area contributed by atoms with E-state index in [1.807, 2.05) is 59.1 Å². The van der Waals surface area contributed by atoms with Crippen LogP contribution in [0.4, 0.5) is 5.82 Å². The number of ether oxygens (including phenoxy) is 5. The Kier molecular flexibility index (Phi) is 6.96. The summed E-state index contributed by atoms with van der Waals surface area (Å²) in [6.45, 7) is 0.239. The fourth-order valence-electron chi connectivity index (χ4n) is 4.02. The molecule has 1 amide bonds. The minimum atomic E-state index is 0.239. The van der Waals surface area contributed by atoms with Gasteiger partial charge >= 0.3 is 0 Å². The van der Waals surface area contributed by atoms with Crippen molar-refractivity contribution in [1.29, 1.82) is 0 Å². The van der Waals surface area contributed by atoms with E-state index in [-0.39, 0.29) is 6.54 Å². The number of amides is 1. The molecule has 35 heavy (non-hydrogen) atoms. The summed E-state index contributed by atoms with van der Waals surface area (Å²) in [4.78, 5) is 18.8. The maximum Gasteiger partial charge on any atom is 0.215 e. The second kappa shape index (κ2) is 10.3. The third-order valence-corrected chi connectivity index (χ3v) is 5.64. The van der Waals surface area contributed by atoms with Gasteiger partial charge in [-0.2, -0.15) is 0 Å². The zero-order valence-electron chi connectivity index (χ0n) is 20.3. The summed E-state index contributed by atoms with van der Waals surface area (Å²) in [5, 5.41) is 0. The van der Waals surface area contributed by atoms with E-state index in [2.05, 4.69) is 0 Å². The standard InChI is InChI=1S/C26H27N3O6/c1-31-19-10-9-18(14-20(19)32-2)24-26(29-11-7-6-8-23(29)27-24)28(16-30)15-17-12-21(33-3)25(35-5)22(13-17)34-4/h6-14,16H,15H2,1-5H3. The Morgan fingerprint density at radius 3 is 2.11 bits per heavy atom. The van der Waals surface area contributed by atoms with Crippen molar-refractivity contribution in [2.45, 2.75) is 6.54 Å². The van der Waals surface area contributed by atoms with Crippen LogP contribution in [0, 0.1) is 0 Å². The highest BCUT2D eigenvalue weighted by molar-refractivity contribution is 5.86. The molecule has 0 N–H and O–H groups in total. The minimum absolute atomic E-state index is 0.239. The number of hydrogen-bond donors (Lipinski definition) is 0. The van der Waals surface area contributed by atoms with Crippen LogP contribution in [0.5, 0.6) is 28.7 Å². The molecule has 0 aliphatic heterocycles. The summed E-state index contributed by atoms with van der Waals surface area (Å²) >= 11 is 0. The number of rotatable bonds is 10. The molecule has 9 heteroatoms. The van der Waals surface area contributed by atoms with Gasteiger partial charge in [-0.05, 0) is 48.0 Å². The number of benzene rings is 2. The highest BCUT2D eigenvalue weighted by atomic mass is 16.5. The molecule has 9 nitrogen and oxygen atoms in total. The van der Waals surface area contributed by atoms with E-state index in [0.29, 0.717) is 45.9 Å². The number of aromatic nitrogens is 2. The van der Waals surface area contributed by atoms with E-state index in [1.165, 1.54) is 0 Å². The molecule has 0 radical (unpaired) electrons. The average molecular weight is 478 g/mol. The molecule has 4 aromatic rings. The smallest absolute Gasteiger partial charge is 0.215 e. The predicted octanol–water partition coefficient (Wildman–Crippen LogP) is 4.21. The summed E-state index contributed by atoms with van der Waals surface area (Å²) in [5.74, 6) is 3.27. The van der Waals surface area contributed by atoms with Crippen molar-refractivity contribution in [3.8, 4) is 40.0 Å². The summed E-state index contributed by atoms with van der Waals surface area (Å²) < 4.78 is 29.1. The first-order valence-corrected chi connectivity index (χ1v) is 10.8. The monoisotopic (exact) mass is 477 g/mol. The number of carbonyl (C=O) groups is 1. The fourth-order valence-corrected chi connectivity index (χ4v) is 4.02. The Hall–Kier alpha value is -4.40. The molecule has 0 fully saturated rings. The van der Waals surface area contributed by atoms with Crippen LogP contribution in [0.25, 0.3) is 16.9 Å². The normalized spacial score (nSPS) is 10.7. The van der Waals surface area contributed by atoms with Gasteiger partial charge in [-0.3, -0.25) is 14.1 Å². The predicted molar refractivity (Wildman–Crippen MR) is 132 cm³/mol. The van der Waals surface area contributed by atoms with Crippen molar-refractivity contribution >= 4 is 17.9 Å². The first-order valence-electron chi connectivity index (χ1n) is 10.8. The summed E-state index contributed by atoms with van der Waals surface area (Å²) in [5.41, 5.74) is 2.88. The van der Waals surface area contributed by atoms with Crippen molar-refractivity contribution in [2.75, 3.05) is 40.4 Å². The molecule has 2 heterocycles. The maximum atomic E-state index is 12.4. The van der Waals surface area contributed by atoms with Crippen molar-refractivity contribution in [3.05, 3.63) is 60.3 Å². The van der Waals surface area contributed by atoms with Crippen LogP contribution in [-0.2, 0) is 11.3 Å². The van der Waals surface area contributed by atoms with Gasteiger partial charge in [0.25, 0.3) is 0 Å². The molecule has 0 bridgehead atoms. The lowest BCUT2D eigenvalue weighted by molar-refractivity contribution is -0.107. The molecule has 0 aliphatic rings.